The average Bonchev–Trinajstić information content (AvgIpc) is 0. The second kappa shape index (κ2) is 15.9. The summed E-state index contributed by atoms with van der Waals surface area (Å²) in [5, 5.41) is 0. The van der Waals surface area contributed by atoms with Crippen LogP contribution in [0.4, 0.5) is 0 Å². The van der Waals surface area contributed by atoms with Crippen LogP contribution in [0.25, 0.3) is 0 Å². The van der Waals surface area contributed by atoms with Gasteiger partial charge in [0.1, 0.15) is 0 Å². The fourth-order valence-corrected chi connectivity index (χ4v) is 0. The molecule has 0 spiro atoms. The maximum atomic E-state index is 0. The van der Waals surface area contributed by atoms with Crippen LogP contribution in [0.5, 0.6) is 0 Å². The van der Waals surface area contributed by atoms with Crippen molar-refractivity contribution in [3.05, 3.63) is 0 Å². The van der Waals surface area contributed by atoms with E-state index in [-0.39, 0.29) is 119 Å². The molecule has 0 aliphatic rings. The Morgan fingerprint density at radius 3 is 1.00 bits per heavy atom. The van der Waals surface area contributed by atoms with E-state index in [1.165, 1.54) is 0 Å². The summed E-state index contributed by atoms with van der Waals surface area (Å²) in [7, 11) is 0. The second-order valence-corrected chi connectivity index (χ2v) is 0. The molecule has 0 aromatic carbocycles. The van der Waals surface area contributed by atoms with E-state index in [1.54, 1.807) is 0 Å². The molecule has 0 aromatic rings. The smallest absolute Gasteiger partial charge is 1.00 e. The first-order chi connectivity index (χ1) is 0. The Morgan fingerprint density at radius 2 is 1.00 bits per heavy atom. The van der Waals surface area contributed by atoms with Crippen LogP contribution in [0.2, 0.25) is 0 Å². The molecule has 4 heavy (non-hydrogen) atoms. The SMILES string of the molecule is [CaH2].[Cl-].[Fe].[K+]. The minimum Gasteiger partial charge on any atom is -1.00 e. The van der Waals surface area contributed by atoms with E-state index in [1.807, 2.05) is 0 Å². The van der Waals surface area contributed by atoms with Gasteiger partial charge in [0.25, 0.3) is 0 Å². The van der Waals surface area contributed by atoms with Crippen molar-refractivity contribution in [3.63, 3.8) is 0 Å². The van der Waals surface area contributed by atoms with Gasteiger partial charge in [-0.3, -0.25) is 0 Å². The third-order valence-electron chi connectivity index (χ3n) is 0. The van der Waals surface area contributed by atoms with E-state index in [4.69, 9.17) is 0 Å². The van der Waals surface area contributed by atoms with Crippen molar-refractivity contribution in [2.45, 2.75) is 0 Å². The molecular weight excluding hydrogens is 170 g/mol. The molecule has 0 nitrogen and oxygen atoms in total. The Bertz CT molecular complexity index is 8.00. The van der Waals surface area contributed by atoms with Crippen LogP contribution in [0.1, 0.15) is 0 Å². The van der Waals surface area contributed by atoms with E-state index in [0.717, 1.165) is 0 Å². The zero-order valence-corrected chi connectivity index (χ0v) is 6.71. The van der Waals surface area contributed by atoms with E-state index < -0.39 is 0 Å². The summed E-state index contributed by atoms with van der Waals surface area (Å²) in [5.74, 6) is 0. The van der Waals surface area contributed by atoms with Crippen molar-refractivity contribution in [1.82, 2.24) is 0 Å². The molecule has 0 unspecified atom stereocenters. The van der Waals surface area contributed by atoms with Gasteiger partial charge < -0.3 is 12.4 Å². The van der Waals surface area contributed by atoms with E-state index in [2.05, 4.69) is 0 Å². The van der Waals surface area contributed by atoms with Crippen LogP contribution in [0.15, 0.2) is 0 Å². The van der Waals surface area contributed by atoms with Gasteiger partial charge >= 0.3 is 89.1 Å². The van der Waals surface area contributed by atoms with Gasteiger partial charge in [0.15, 0.2) is 0 Å². The third kappa shape index (κ3) is 9.20. The van der Waals surface area contributed by atoms with Gasteiger partial charge in [-0.25, -0.2) is 0 Å². The maximum Gasteiger partial charge on any atom is 1.00 e. The molecular formula is H2CaClFeK. The molecule has 0 bridgehead atoms. The number of rotatable bonds is 0. The van der Waals surface area contributed by atoms with Crippen LogP contribution >= 0.6 is 0 Å². The summed E-state index contributed by atoms with van der Waals surface area (Å²) in [5.41, 5.74) is 0. The fraction of sp³-hybridized carbons (Fsp3) is 0. The van der Waals surface area contributed by atoms with Crippen LogP contribution in [0.3, 0.4) is 0 Å². The fourth-order valence-electron chi connectivity index (χ4n) is 0. The molecule has 0 aliphatic carbocycles. The van der Waals surface area contributed by atoms with E-state index >= 15 is 0 Å². The molecule has 0 aliphatic heterocycles. The summed E-state index contributed by atoms with van der Waals surface area (Å²) in [4.78, 5) is 0. The van der Waals surface area contributed by atoms with Gasteiger partial charge in [0, 0.05) is 17.1 Å². The molecule has 4 heteroatoms. The van der Waals surface area contributed by atoms with E-state index in [9.17, 15) is 0 Å². The first-order valence-corrected chi connectivity index (χ1v) is 0. The summed E-state index contributed by atoms with van der Waals surface area (Å²) in [6.45, 7) is 0. The predicted octanol–water partition coefficient (Wildman–Crippen LogP) is -6.91. The molecule has 0 saturated carbocycles. The zero-order valence-electron chi connectivity index (χ0n) is 1.73. The van der Waals surface area contributed by atoms with Crippen molar-refractivity contribution in [2.75, 3.05) is 0 Å². The summed E-state index contributed by atoms with van der Waals surface area (Å²) < 4.78 is 0. The Kier molecular flexibility index (Phi) is 100. The topological polar surface area (TPSA) is 0 Å². The monoisotopic (exact) mass is 172 g/mol. The molecule has 20 valence electrons. The van der Waals surface area contributed by atoms with Gasteiger partial charge in [-0.2, -0.15) is 0 Å². The normalized spacial score (nSPS) is 0. The van der Waals surface area contributed by atoms with Gasteiger partial charge in [-0.15, -0.1) is 0 Å². The molecule has 0 N–H and O–H groups in total. The minimum absolute atomic E-state index is 0. The van der Waals surface area contributed by atoms with Crippen LogP contribution < -0.4 is 63.8 Å². The summed E-state index contributed by atoms with van der Waals surface area (Å²) in [6.07, 6.45) is 0. The molecule has 0 heterocycles. The van der Waals surface area contributed by atoms with Crippen molar-refractivity contribution in [3.8, 4) is 0 Å². The minimum atomic E-state index is 0. The van der Waals surface area contributed by atoms with E-state index in [0.29, 0.717) is 0 Å². The second-order valence-electron chi connectivity index (χ2n) is 0. The first-order valence-electron chi connectivity index (χ1n) is 0. The largest absolute Gasteiger partial charge is 1.00 e. The number of hydrogen-bond acceptors (Lipinski definition) is 0. The Hall–Kier alpha value is 3.71. The third-order valence-corrected chi connectivity index (χ3v) is 0. The molecule has 0 atom stereocenters. The van der Waals surface area contributed by atoms with Gasteiger partial charge in [0.05, 0.1) is 0 Å². The zero-order chi connectivity index (χ0) is 0. The van der Waals surface area contributed by atoms with Gasteiger partial charge in [-0.1, -0.05) is 0 Å². The maximum absolute atomic E-state index is 0. The van der Waals surface area contributed by atoms with Gasteiger partial charge in [-0.05, 0) is 0 Å². The van der Waals surface area contributed by atoms with Crippen molar-refractivity contribution in [2.24, 2.45) is 0 Å². The molecule has 0 radical (unpaired) electrons. The Morgan fingerprint density at radius 1 is 1.00 bits per heavy atom. The van der Waals surface area contributed by atoms with Gasteiger partial charge in [0.2, 0.25) is 0 Å². The summed E-state index contributed by atoms with van der Waals surface area (Å²) in [6, 6.07) is 0. The molecule has 0 saturated heterocycles. The van der Waals surface area contributed by atoms with Crippen molar-refractivity contribution >= 4 is 37.7 Å². The number of hydrogen-bond donors (Lipinski definition) is 0. The number of halogens is 1. The molecule has 0 fully saturated rings. The Labute approximate surface area is 115 Å². The quantitative estimate of drug-likeness (QED) is 0.319. The molecule has 0 rings (SSSR count). The van der Waals surface area contributed by atoms with Crippen LogP contribution in [-0.2, 0) is 17.1 Å². The molecule has 0 amide bonds. The van der Waals surface area contributed by atoms with Crippen molar-refractivity contribution in [1.29, 1.82) is 0 Å². The van der Waals surface area contributed by atoms with Crippen LogP contribution in [0, 0.1) is 0 Å². The summed E-state index contributed by atoms with van der Waals surface area (Å²) >= 11 is 0. The molecule has 0 aromatic heterocycles. The van der Waals surface area contributed by atoms with Crippen LogP contribution in [-0.4, -0.2) is 37.7 Å². The van der Waals surface area contributed by atoms with Crippen molar-refractivity contribution < 1.29 is 80.9 Å². The standard InChI is InChI=1S/Ca.ClH.Fe.K.2H/h;1H;;;;/q;;;+1;;/p-1. The average molecular weight is 172 g/mol. The predicted molar refractivity (Wildman–Crippen MR) is 8.54 cm³/mol. The Balaban J connectivity index is 0. The first kappa shape index (κ1) is 25.2.